The summed E-state index contributed by atoms with van der Waals surface area (Å²) in [7, 11) is 0. The molecule has 0 aromatic heterocycles. The molecule has 5 heteroatoms. The number of piperidine rings is 1. The van der Waals surface area contributed by atoms with Crippen LogP contribution in [-0.2, 0) is 4.74 Å². The van der Waals surface area contributed by atoms with Crippen LogP contribution in [0.15, 0.2) is 0 Å². The van der Waals surface area contributed by atoms with E-state index in [1.807, 2.05) is 20.8 Å². The van der Waals surface area contributed by atoms with Crippen molar-refractivity contribution in [2.24, 2.45) is 0 Å². The van der Waals surface area contributed by atoms with Gasteiger partial charge in [0.25, 0.3) is 0 Å². The highest BCUT2D eigenvalue weighted by Gasteiger charge is 2.39. The number of carbonyl (C=O) groups is 1. The number of hydrogen-bond donors (Lipinski definition) is 3. The molecule has 1 amide bonds. The maximum atomic E-state index is 11.9. The van der Waals surface area contributed by atoms with E-state index < -0.39 is 5.60 Å². The van der Waals surface area contributed by atoms with Crippen molar-refractivity contribution in [3.63, 3.8) is 0 Å². The molecule has 0 aromatic rings. The molecule has 2 rings (SSSR count). The lowest BCUT2D eigenvalue weighted by Gasteiger charge is -2.47. The van der Waals surface area contributed by atoms with Crippen LogP contribution in [0.25, 0.3) is 0 Å². The zero-order chi connectivity index (χ0) is 18.2. The highest BCUT2D eigenvalue weighted by Crippen LogP contribution is 2.30. The van der Waals surface area contributed by atoms with E-state index in [9.17, 15) is 4.79 Å². The zero-order valence-corrected chi connectivity index (χ0v) is 16.6. The zero-order valence-electron chi connectivity index (χ0n) is 16.6. The minimum atomic E-state index is -0.438. The number of ether oxygens (including phenoxy) is 1. The van der Waals surface area contributed by atoms with Crippen LogP contribution in [0.3, 0.4) is 0 Å². The molecule has 24 heavy (non-hydrogen) atoms. The Kier molecular flexibility index (Phi) is 5.55. The molecule has 0 radical (unpaired) electrons. The summed E-state index contributed by atoms with van der Waals surface area (Å²) in [6, 6.07) is 1.24. The van der Waals surface area contributed by atoms with Crippen LogP contribution in [0.2, 0.25) is 0 Å². The summed E-state index contributed by atoms with van der Waals surface area (Å²) in [6.07, 6.45) is 5.11. The monoisotopic (exact) mass is 339 g/mol. The molecule has 2 unspecified atom stereocenters. The summed E-state index contributed by atoms with van der Waals surface area (Å²) in [5.74, 6) is 0. The van der Waals surface area contributed by atoms with E-state index in [1.54, 1.807) is 0 Å². The summed E-state index contributed by atoms with van der Waals surface area (Å²) in [6.45, 7) is 14.8. The number of alkyl carbamates (subject to hydrolysis) is 1. The van der Waals surface area contributed by atoms with E-state index >= 15 is 0 Å². The van der Waals surface area contributed by atoms with Crippen LogP contribution in [0.1, 0.15) is 80.6 Å². The topological polar surface area (TPSA) is 62.4 Å². The molecule has 0 spiro atoms. The normalized spacial score (nSPS) is 30.1. The lowest BCUT2D eigenvalue weighted by Crippen LogP contribution is -2.62. The maximum Gasteiger partial charge on any atom is 0.407 e. The average molecular weight is 340 g/mol. The van der Waals surface area contributed by atoms with Crippen LogP contribution in [0.4, 0.5) is 4.79 Å². The fraction of sp³-hybridized carbons (Fsp3) is 0.947. The Labute approximate surface area is 147 Å². The van der Waals surface area contributed by atoms with Crippen LogP contribution < -0.4 is 16.0 Å². The van der Waals surface area contributed by atoms with Crippen molar-refractivity contribution in [1.29, 1.82) is 0 Å². The van der Waals surface area contributed by atoms with Crippen molar-refractivity contribution in [2.45, 2.75) is 115 Å². The molecule has 2 fully saturated rings. The van der Waals surface area contributed by atoms with Gasteiger partial charge < -0.3 is 20.7 Å². The number of carbonyl (C=O) groups excluding carboxylic acids is 1. The third-order valence-corrected chi connectivity index (χ3v) is 4.82. The Balaban J connectivity index is 1.80. The maximum absolute atomic E-state index is 11.9. The second-order valence-corrected chi connectivity index (χ2v) is 10.0. The minimum Gasteiger partial charge on any atom is -0.444 e. The smallest absolute Gasteiger partial charge is 0.407 e. The lowest BCUT2D eigenvalue weighted by molar-refractivity contribution is 0.0505. The summed E-state index contributed by atoms with van der Waals surface area (Å²) in [5, 5.41) is 10.6. The first-order chi connectivity index (χ1) is 10.8. The van der Waals surface area contributed by atoms with Crippen molar-refractivity contribution in [2.75, 3.05) is 0 Å². The Morgan fingerprint density at radius 3 is 2.08 bits per heavy atom. The molecule has 2 atom stereocenters. The van der Waals surface area contributed by atoms with Crippen molar-refractivity contribution >= 4 is 6.09 Å². The molecule has 1 saturated carbocycles. The predicted octanol–water partition coefficient (Wildman–Crippen LogP) is 3.33. The van der Waals surface area contributed by atoms with Gasteiger partial charge in [-0.3, -0.25) is 0 Å². The highest BCUT2D eigenvalue weighted by atomic mass is 16.6. The number of amides is 1. The summed E-state index contributed by atoms with van der Waals surface area (Å²) in [4.78, 5) is 11.9. The van der Waals surface area contributed by atoms with Gasteiger partial charge in [-0.2, -0.15) is 0 Å². The third-order valence-electron chi connectivity index (χ3n) is 4.82. The first-order valence-corrected chi connectivity index (χ1v) is 9.38. The van der Waals surface area contributed by atoms with Crippen LogP contribution in [-0.4, -0.2) is 40.9 Å². The second kappa shape index (κ2) is 6.83. The lowest BCUT2D eigenvalue weighted by atomic mass is 9.79. The Morgan fingerprint density at radius 2 is 1.54 bits per heavy atom. The van der Waals surface area contributed by atoms with Gasteiger partial charge in [-0.05, 0) is 80.6 Å². The molecule has 3 N–H and O–H groups in total. The van der Waals surface area contributed by atoms with Gasteiger partial charge in [-0.25, -0.2) is 4.79 Å². The molecule has 0 bridgehead atoms. The van der Waals surface area contributed by atoms with Crippen molar-refractivity contribution in [3.8, 4) is 0 Å². The third kappa shape index (κ3) is 6.25. The molecule has 1 saturated heterocycles. The van der Waals surface area contributed by atoms with E-state index in [1.165, 1.54) is 0 Å². The molecule has 1 aliphatic carbocycles. The molecule has 1 heterocycles. The van der Waals surface area contributed by atoms with E-state index in [4.69, 9.17) is 4.74 Å². The van der Waals surface area contributed by atoms with Gasteiger partial charge in [0, 0.05) is 29.2 Å². The van der Waals surface area contributed by atoms with Crippen molar-refractivity contribution in [1.82, 2.24) is 16.0 Å². The number of rotatable bonds is 3. The fourth-order valence-electron chi connectivity index (χ4n) is 4.51. The van der Waals surface area contributed by atoms with E-state index in [-0.39, 0.29) is 23.2 Å². The van der Waals surface area contributed by atoms with Gasteiger partial charge in [0.1, 0.15) is 5.60 Å². The number of hydrogen-bond acceptors (Lipinski definition) is 4. The van der Waals surface area contributed by atoms with Gasteiger partial charge in [-0.15, -0.1) is 0 Å². The molecule has 5 nitrogen and oxygen atoms in total. The van der Waals surface area contributed by atoms with E-state index in [2.05, 4.69) is 43.6 Å². The van der Waals surface area contributed by atoms with Crippen LogP contribution >= 0.6 is 0 Å². The van der Waals surface area contributed by atoms with Crippen molar-refractivity contribution in [3.05, 3.63) is 0 Å². The largest absolute Gasteiger partial charge is 0.444 e. The quantitative estimate of drug-likeness (QED) is 0.738. The van der Waals surface area contributed by atoms with Crippen LogP contribution in [0, 0.1) is 0 Å². The second-order valence-electron chi connectivity index (χ2n) is 10.0. The molecule has 0 aromatic carbocycles. The standard InChI is InChI=1S/C19H37N3O2/c1-17(2,3)24-16(23)21-14-9-8-13(10-14)20-15-11-18(4,5)22-19(6,7)12-15/h13-15,20,22H,8-12H2,1-7H3,(H,21,23). The molecular weight excluding hydrogens is 302 g/mol. The highest BCUT2D eigenvalue weighted by molar-refractivity contribution is 5.68. The Morgan fingerprint density at radius 1 is 1.00 bits per heavy atom. The van der Waals surface area contributed by atoms with Gasteiger partial charge in [0.15, 0.2) is 0 Å². The van der Waals surface area contributed by atoms with Crippen LogP contribution in [0.5, 0.6) is 0 Å². The molecule has 2 aliphatic rings. The summed E-state index contributed by atoms with van der Waals surface area (Å²) >= 11 is 0. The van der Waals surface area contributed by atoms with Gasteiger partial charge in [0.2, 0.25) is 0 Å². The SMILES string of the molecule is CC1(C)CC(NC2CCC(NC(=O)OC(C)(C)C)C2)CC(C)(C)N1. The van der Waals surface area contributed by atoms with E-state index in [0.717, 1.165) is 32.1 Å². The number of nitrogens with one attached hydrogen (secondary N) is 3. The molecular formula is C19H37N3O2. The Hall–Kier alpha value is -0.810. The van der Waals surface area contributed by atoms with Gasteiger partial charge in [0.05, 0.1) is 0 Å². The fourth-order valence-corrected chi connectivity index (χ4v) is 4.51. The van der Waals surface area contributed by atoms with Gasteiger partial charge in [-0.1, -0.05) is 0 Å². The first kappa shape index (κ1) is 19.5. The predicted molar refractivity (Wildman–Crippen MR) is 98.2 cm³/mol. The van der Waals surface area contributed by atoms with E-state index in [0.29, 0.717) is 12.1 Å². The summed E-state index contributed by atoms with van der Waals surface area (Å²) in [5.41, 5.74) is -0.120. The minimum absolute atomic E-state index is 0.159. The first-order valence-electron chi connectivity index (χ1n) is 9.38. The molecule has 1 aliphatic heterocycles. The van der Waals surface area contributed by atoms with Gasteiger partial charge >= 0.3 is 6.09 Å². The average Bonchev–Trinajstić information content (AvgIpc) is 2.68. The molecule has 140 valence electrons. The van der Waals surface area contributed by atoms with Crippen molar-refractivity contribution < 1.29 is 9.53 Å². The Bertz CT molecular complexity index is 438. The summed E-state index contributed by atoms with van der Waals surface area (Å²) < 4.78 is 5.36.